The van der Waals surface area contributed by atoms with Crippen LogP contribution < -0.4 is 5.69 Å². The van der Waals surface area contributed by atoms with E-state index < -0.39 is 17.7 Å². The van der Waals surface area contributed by atoms with Crippen molar-refractivity contribution in [2.75, 3.05) is 0 Å². The number of fused-ring (bicyclic) bond motifs is 1. The lowest BCUT2D eigenvalue weighted by atomic mass is 9.94. The van der Waals surface area contributed by atoms with Crippen LogP contribution in [-0.4, -0.2) is 15.3 Å². The average molecular weight is 331 g/mol. The van der Waals surface area contributed by atoms with Gasteiger partial charge in [0.25, 0.3) is 0 Å². The molecule has 1 fully saturated rings. The Morgan fingerprint density at radius 2 is 2.08 bits per heavy atom. The van der Waals surface area contributed by atoms with Crippen LogP contribution in [0.5, 0.6) is 0 Å². The van der Waals surface area contributed by atoms with Crippen LogP contribution in [0.25, 0.3) is 11.0 Å². The van der Waals surface area contributed by atoms with E-state index in [-0.39, 0.29) is 16.6 Å². The normalized spacial score (nSPS) is 22.0. The maximum atomic E-state index is 15.1. The highest BCUT2D eigenvalue weighted by Crippen LogP contribution is 2.46. The third-order valence-electron chi connectivity index (χ3n) is 5.22. The van der Waals surface area contributed by atoms with E-state index in [1.165, 1.54) is 16.9 Å². The van der Waals surface area contributed by atoms with Gasteiger partial charge in [-0.05, 0) is 42.4 Å². The Balaban J connectivity index is 1.86. The SMILES string of the molecule is Cn1c(=O)n(CC2(C)CC2)c2ccc(C3C=C(F)N=CC3)c(F)c21. The molecule has 0 saturated heterocycles. The molecular weight excluding hydrogens is 312 g/mol. The van der Waals surface area contributed by atoms with Crippen molar-refractivity contribution >= 4 is 17.2 Å². The highest BCUT2D eigenvalue weighted by molar-refractivity contribution is 5.78. The molecular formula is C18H19F2N3O. The van der Waals surface area contributed by atoms with E-state index in [0.717, 1.165) is 12.8 Å². The fourth-order valence-electron chi connectivity index (χ4n) is 3.43. The number of nitrogens with zero attached hydrogens (tertiary/aromatic N) is 3. The zero-order valence-corrected chi connectivity index (χ0v) is 13.7. The molecule has 1 saturated carbocycles. The Hall–Kier alpha value is -2.24. The van der Waals surface area contributed by atoms with Gasteiger partial charge in [0, 0.05) is 25.7 Å². The van der Waals surface area contributed by atoms with E-state index in [2.05, 4.69) is 11.9 Å². The molecule has 1 atom stereocenters. The number of halogens is 2. The molecule has 0 amide bonds. The number of aliphatic imine (C=N–C) groups is 1. The van der Waals surface area contributed by atoms with Gasteiger partial charge in [0.2, 0.25) is 5.95 Å². The van der Waals surface area contributed by atoms with Crippen LogP contribution in [0.15, 0.2) is 33.9 Å². The summed E-state index contributed by atoms with van der Waals surface area (Å²) < 4.78 is 31.5. The maximum absolute atomic E-state index is 15.1. The van der Waals surface area contributed by atoms with E-state index in [0.29, 0.717) is 24.0 Å². The number of aromatic nitrogens is 2. The molecule has 2 aromatic rings. The standard InChI is InChI=1S/C18H19F2N3O/c1-18(6-7-18)10-23-13-4-3-12(11-5-8-21-14(19)9-11)15(20)16(13)22(2)17(23)24/h3-4,8-9,11H,5-7,10H2,1-2H3. The molecule has 2 heterocycles. The number of imidazole rings is 1. The molecule has 0 radical (unpaired) electrons. The predicted molar refractivity (Wildman–Crippen MR) is 89.5 cm³/mol. The highest BCUT2D eigenvalue weighted by Gasteiger charge is 2.38. The van der Waals surface area contributed by atoms with Gasteiger partial charge < -0.3 is 0 Å². The number of hydrogen-bond donors (Lipinski definition) is 0. The van der Waals surface area contributed by atoms with Crippen molar-refractivity contribution < 1.29 is 8.78 Å². The van der Waals surface area contributed by atoms with Gasteiger partial charge >= 0.3 is 5.69 Å². The number of benzene rings is 1. The van der Waals surface area contributed by atoms with Gasteiger partial charge in [-0.2, -0.15) is 4.39 Å². The van der Waals surface area contributed by atoms with Crippen LogP contribution in [-0.2, 0) is 13.6 Å². The summed E-state index contributed by atoms with van der Waals surface area (Å²) in [5, 5.41) is 0. The minimum absolute atomic E-state index is 0.138. The quantitative estimate of drug-likeness (QED) is 0.791. The van der Waals surface area contributed by atoms with E-state index in [9.17, 15) is 9.18 Å². The monoisotopic (exact) mass is 331 g/mol. The Bertz CT molecular complexity index is 947. The van der Waals surface area contributed by atoms with Gasteiger partial charge in [0.1, 0.15) is 5.52 Å². The fraction of sp³-hybridized carbons (Fsp3) is 0.444. The average Bonchev–Trinajstić information content (AvgIpc) is 3.23. The summed E-state index contributed by atoms with van der Waals surface area (Å²) in [6.45, 7) is 2.74. The third-order valence-corrected chi connectivity index (χ3v) is 5.22. The van der Waals surface area contributed by atoms with Crippen molar-refractivity contribution in [3.8, 4) is 0 Å². The number of rotatable bonds is 3. The molecule has 0 bridgehead atoms. The first kappa shape index (κ1) is 15.3. The zero-order chi connectivity index (χ0) is 17.1. The first-order chi connectivity index (χ1) is 11.4. The molecule has 0 N–H and O–H groups in total. The largest absolute Gasteiger partial charge is 0.328 e. The zero-order valence-electron chi connectivity index (χ0n) is 13.7. The summed E-state index contributed by atoms with van der Waals surface area (Å²) in [6, 6.07) is 3.44. The second-order valence-corrected chi connectivity index (χ2v) is 7.22. The molecule has 126 valence electrons. The van der Waals surface area contributed by atoms with Crippen LogP contribution in [0, 0.1) is 11.2 Å². The lowest BCUT2D eigenvalue weighted by molar-refractivity contribution is 0.460. The van der Waals surface area contributed by atoms with Crippen molar-refractivity contribution in [1.82, 2.24) is 9.13 Å². The second-order valence-electron chi connectivity index (χ2n) is 7.22. The van der Waals surface area contributed by atoms with Crippen LogP contribution >= 0.6 is 0 Å². The van der Waals surface area contributed by atoms with Crippen molar-refractivity contribution in [3.05, 3.63) is 46.0 Å². The van der Waals surface area contributed by atoms with E-state index in [1.807, 2.05) is 0 Å². The van der Waals surface area contributed by atoms with Crippen LogP contribution in [0.1, 0.15) is 37.7 Å². The summed E-state index contributed by atoms with van der Waals surface area (Å²) in [5.41, 5.74) is 1.22. The van der Waals surface area contributed by atoms with Gasteiger partial charge in [-0.3, -0.25) is 9.13 Å². The topological polar surface area (TPSA) is 39.3 Å². The first-order valence-corrected chi connectivity index (χ1v) is 8.17. The molecule has 1 unspecified atom stereocenters. The van der Waals surface area contributed by atoms with E-state index in [1.54, 1.807) is 23.7 Å². The van der Waals surface area contributed by atoms with Gasteiger partial charge in [-0.25, -0.2) is 14.2 Å². The minimum atomic E-state index is -0.598. The molecule has 1 aromatic carbocycles. The predicted octanol–water partition coefficient (Wildman–Crippen LogP) is 3.65. The molecule has 1 aromatic heterocycles. The van der Waals surface area contributed by atoms with Gasteiger partial charge in [-0.1, -0.05) is 13.0 Å². The minimum Gasteiger partial charge on any atom is -0.292 e. The Morgan fingerprint density at radius 1 is 1.33 bits per heavy atom. The highest BCUT2D eigenvalue weighted by atomic mass is 19.1. The van der Waals surface area contributed by atoms with E-state index >= 15 is 4.39 Å². The first-order valence-electron chi connectivity index (χ1n) is 8.17. The number of allylic oxidation sites excluding steroid dienone is 1. The van der Waals surface area contributed by atoms with Gasteiger partial charge in [-0.15, -0.1) is 0 Å². The smallest absolute Gasteiger partial charge is 0.292 e. The molecule has 24 heavy (non-hydrogen) atoms. The molecule has 0 spiro atoms. The fourth-order valence-corrected chi connectivity index (χ4v) is 3.43. The van der Waals surface area contributed by atoms with Crippen LogP contribution in [0.2, 0.25) is 0 Å². The molecule has 1 aliphatic heterocycles. The lowest BCUT2D eigenvalue weighted by Crippen LogP contribution is -2.25. The summed E-state index contributed by atoms with van der Waals surface area (Å²) in [5.74, 6) is -1.44. The molecule has 4 rings (SSSR count). The molecule has 6 heteroatoms. The molecule has 1 aliphatic carbocycles. The van der Waals surface area contributed by atoms with E-state index in [4.69, 9.17) is 0 Å². The Kier molecular flexibility index (Phi) is 3.27. The van der Waals surface area contributed by atoms with Crippen molar-refractivity contribution in [3.63, 3.8) is 0 Å². The molecule has 4 nitrogen and oxygen atoms in total. The van der Waals surface area contributed by atoms with Crippen LogP contribution in [0.4, 0.5) is 8.78 Å². The summed E-state index contributed by atoms with van der Waals surface area (Å²) in [6.07, 6.45) is 5.40. The lowest BCUT2D eigenvalue weighted by Gasteiger charge is -2.15. The number of aryl methyl sites for hydroxylation is 1. The molecule has 2 aliphatic rings. The van der Waals surface area contributed by atoms with Crippen molar-refractivity contribution in [2.45, 2.75) is 38.6 Å². The summed E-state index contributed by atoms with van der Waals surface area (Å²) in [4.78, 5) is 16.1. The maximum Gasteiger partial charge on any atom is 0.328 e. The van der Waals surface area contributed by atoms with Crippen LogP contribution in [0.3, 0.4) is 0 Å². The second kappa shape index (κ2) is 5.13. The van der Waals surface area contributed by atoms with Gasteiger partial charge in [0.05, 0.1) is 5.52 Å². The summed E-state index contributed by atoms with van der Waals surface area (Å²) >= 11 is 0. The van der Waals surface area contributed by atoms with Crippen molar-refractivity contribution in [1.29, 1.82) is 0 Å². The Morgan fingerprint density at radius 3 is 2.75 bits per heavy atom. The van der Waals surface area contributed by atoms with Gasteiger partial charge in [0.15, 0.2) is 5.82 Å². The number of hydrogen-bond acceptors (Lipinski definition) is 2. The Labute approximate surface area is 138 Å². The summed E-state index contributed by atoms with van der Waals surface area (Å²) in [7, 11) is 1.59. The third kappa shape index (κ3) is 2.32. The van der Waals surface area contributed by atoms with Crippen molar-refractivity contribution in [2.24, 2.45) is 17.5 Å².